The summed E-state index contributed by atoms with van der Waals surface area (Å²) in [7, 11) is 0. The molecule has 1 aliphatic heterocycles. The standard InChI is InChI=1S/C22H17F3N4O3/c23-22(24,25)12-3-4-16(28-10-12)32-15-9-21-8-13(21)11-29(18(15)21)20(30)17-14(2-1-5-26-17)19-27-6-7-31-19/h1-7,10,13,15,18H,8-9,11H2. The maximum Gasteiger partial charge on any atom is 0.417 e. The number of rotatable bonds is 4. The number of aromatic nitrogens is 3. The molecular formula is C22H17F3N4O3. The first kappa shape index (κ1) is 19.3. The lowest BCUT2D eigenvalue weighted by Gasteiger charge is -2.46. The smallest absolute Gasteiger partial charge is 0.417 e. The summed E-state index contributed by atoms with van der Waals surface area (Å²) >= 11 is 0. The van der Waals surface area contributed by atoms with E-state index >= 15 is 0 Å². The summed E-state index contributed by atoms with van der Waals surface area (Å²) in [5.74, 6) is 0.610. The molecule has 1 saturated heterocycles. The number of pyridine rings is 2. The van der Waals surface area contributed by atoms with Crippen LogP contribution in [0.15, 0.2) is 53.5 Å². The van der Waals surface area contributed by atoms with Gasteiger partial charge in [-0.05, 0) is 37.0 Å². The summed E-state index contributed by atoms with van der Waals surface area (Å²) in [5, 5.41) is 0. The third-order valence-corrected chi connectivity index (χ3v) is 6.82. The van der Waals surface area contributed by atoms with Crippen molar-refractivity contribution in [3.63, 3.8) is 0 Å². The fourth-order valence-electron chi connectivity index (χ4n) is 5.27. The van der Waals surface area contributed by atoms with Gasteiger partial charge in [-0.15, -0.1) is 0 Å². The molecule has 4 atom stereocenters. The van der Waals surface area contributed by atoms with Crippen LogP contribution in [0.2, 0.25) is 0 Å². The highest BCUT2D eigenvalue weighted by atomic mass is 19.4. The molecule has 0 radical (unpaired) electrons. The van der Waals surface area contributed by atoms with Crippen molar-refractivity contribution in [3.05, 3.63) is 60.4 Å². The van der Waals surface area contributed by atoms with Gasteiger partial charge in [0.25, 0.3) is 5.91 Å². The van der Waals surface area contributed by atoms with Crippen LogP contribution in [-0.2, 0) is 6.18 Å². The Kier molecular flexibility index (Phi) is 3.94. The van der Waals surface area contributed by atoms with Gasteiger partial charge in [0, 0.05) is 30.4 Å². The number of nitrogens with zero attached hydrogens (tertiary/aromatic N) is 4. The molecule has 10 heteroatoms. The van der Waals surface area contributed by atoms with Crippen LogP contribution in [0.5, 0.6) is 5.88 Å². The van der Waals surface area contributed by atoms with Gasteiger partial charge in [0.05, 0.1) is 23.4 Å². The number of ether oxygens (including phenoxy) is 1. The van der Waals surface area contributed by atoms with Gasteiger partial charge < -0.3 is 14.1 Å². The number of halogens is 3. The van der Waals surface area contributed by atoms with E-state index in [1.165, 1.54) is 18.5 Å². The molecular weight excluding hydrogens is 425 g/mol. The van der Waals surface area contributed by atoms with Crippen molar-refractivity contribution in [3.8, 4) is 17.3 Å². The fraction of sp³-hybridized carbons (Fsp3) is 0.364. The zero-order valence-electron chi connectivity index (χ0n) is 16.6. The SMILES string of the molecule is O=C(c1ncccc1-c1ncco1)N1CC2CC23CC(Oc2ccc(C(F)(F)F)cn2)C13. The minimum atomic E-state index is -4.45. The normalized spacial score (nSPS) is 28.0. The van der Waals surface area contributed by atoms with E-state index in [9.17, 15) is 18.0 Å². The van der Waals surface area contributed by atoms with Gasteiger partial charge in [-0.2, -0.15) is 13.2 Å². The molecule has 2 saturated carbocycles. The van der Waals surface area contributed by atoms with Gasteiger partial charge in [-0.1, -0.05) is 0 Å². The summed E-state index contributed by atoms with van der Waals surface area (Å²) in [6.45, 7) is 0.603. The van der Waals surface area contributed by atoms with E-state index in [0.29, 0.717) is 23.9 Å². The number of hydrogen-bond acceptors (Lipinski definition) is 6. The second-order valence-corrected chi connectivity index (χ2v) is 8.52. The van der Waals surface area contributed by atoms with E-state index in [4.69, 9.17) is 9.15 Å². The molecule has 4 unspecified atom stereocenters. The maximum atomic E-state index is 13.5. The molecule has 32 heavy (non-hydrogen) atoms. The molecule has 164 valence electrons. The van der Waals surface area contributed by atoms with Gasteiger partial charge in [-0.25, -0.2) is 9.97 Å². The molecule has 3 aromatic rings. The van der Waals surface area contributed by atoms with E-state index < -0.39 is 11.7 Å². The van der Waals surface area contributed by atoms with Gasteiger partial charge in [0.1, 0.15) is 18.1 Å². The predicted octanol–water partition coefficient (Wildman–Crippen LogP) is 3.83. The Hall–Kier alpha value is -3.43. The van der Waals surface area contributed by atoms with Crippen molar-refractivity contribution in [2.75, 3.05) is 6.54 Å². The first-order valence-corrected chi connectivity index (χ1v) is 10.2. The Bertz CT molecular complexity index is 1180. The van der Waals surface area contributed by atoms with Gasteiger partial charge in [-0.3, -0.25) is 9.78 Å². The topological polar surface area (TPSA) is 81.4 Å². The second-order valence-electron chi connectivity index (χ2n) is 8.52. The number of carbonyl (C=O) groups is 1. The van der Waals surface area contributed by atoms with E-state index in [2.05, 4.69) is 15.0 Å². The highest BCUT2D eigenvalue weighted by Crippen LogP contribution is 2.71. The lowest BCUT2D eigenvalue weighted by atomic mass is 9.73. The molecule has 6 rings (SSSR count). The van der Waals surface area contributed by atoms with Gasteiger partial charge in [0.2, 0.25) is 11.8 Å². The average molecular weight is 442 g/mol. The molecule has 2 aliphatic carbocycles. The van der Waals surface area contributed by atoms with Crippen LogP contribution in [0, 0.1) is 11.3 Å². The molecule has 3 aromatic heterocycles. The molecule has 0 bridgehead atoms. The number of oxazole rings is 1. The monoisotopic (exact) mass is 442 g/mol. The minimum Gasteiger partial charge on any atom is -0.472 e. The van der Waals surface area contributed by atoms with Crippen molar-refractivity contribution >= 4 is 5.91 Å². The Morgan fingerprint density at radius 2 is 2.03 bits per heavy atom. The Labute approximate surface area is 180 Å². The quantitative estimate of drug-likeness (QED) is 0.611. The molecule has 1 amide bonds. The van der Waals surface area contributed by atoms with Crippen LogP contribution in [0.25, 0.3) is 11.5 Å². The zero-order valence-corrected chi connectivity index (χ0v) is 16.6. The van der Waals surface area contributed by atoms with Crippen LogP contribution in [-0.4, -0.2) is 44.4 Å². The summed E-state index contributed by atoms with van der Waals surface area (Å²) in [5.41, 5.74) is -0.0310. The van der Waals surface area contributed by atoms with Crippen molar-refractivity contribution < 1.29 is 27.1 Å². The first-order chi connectivity index (χ1) is 15.4. The lowest BCUT2D eigenvalue weighted by Crippen LogP contribution is -2.59. The molecule has 3 aliphatic rings. The van der Waals surface area contributed by atoms with Crippen LogP contribution in [0.4, 0.5) is 13.2 Å². The van der Waals surface area contributed by atoms with Crippen molar-refractivity contribution in [2.45, 2.75) is 31.2 Å². The first-order valence-electron chi connectivity index (χ1n) is 10.2. The number of hydrogen-bond donors (Lipinski definition) is 0. The third-order valence-electron chi connectivity index (χ3n) is 6.82. The van der Waals surface area contributed by atoms with E-state index in [-0.39, 0.29) is 35.0 Å². The fourth-order valence-corrected chi connectivity index (χ4v) is 5.27. The number of likely N-dealkylation sites (tertiary alicyclic amines) is 1. The highest BCUT2D eigenvalue weighted by molar-refractivity contribution is 5.98. The summed E-state index contributed by atoms with van der Waals surface area (Å²) in [6, 6.07) is 5.46. The van der Waals surface area contributed by atoms with E-state index in [1.54, 1.807) is 23.2 Å². The average Bonchev–Trinajstić information content (AvgIpc) is 3.14. The molecule has 1 spiro atoms. The van der Waals surface area contributed by atoms with E-state index in [1.807, 2.05) is 0 Å². The number of alkyl halides is 3. The van der Waals surface area contributed by atoms with Crippen molar-refractivity contribution in [1.29, 1.82) is 0 Å². The van der Waals surface area contributed by atoms with Crippen LogP contribution in [0.1, 0.15) is 28.9 Å². The summed E-state index contributed by atoms with van der Waals surface area (Å²) in [4.78, 5) is 27.5. The van der Waals surface area contributed by atoms with Gasteiger partial charge >= 0.3 is 6.18 Å². The van der Waals surface area contributed by atoms with Crippen molar-refractivity contribution in [1.82, 2.24) is 19.9 Å². The third kappa shape index (κ3) is 2.81. The van der Waals surface area contributed by atoms with E-state index in [0.717, 1.165) is 25.1 Å². The van der Waals surface area contributed by atoms with Crippen LogP contribution >= 0.6 is 0 Å². The van der Waals surface area contributed by atoms with Crippen molar-refractivity contribution in [2.24, 2.45) is 11.3 Å². The number of piperidine rings is 1. The van der Waals surface area contributed by atoms with Crippen LogP contribution < -0.4 is 4.74 Å². The molecule has 3 fully saturated rings. The number of amides is 1. The maximum absolute atomic E-state index is 13.5. The molecule has 0 aromatic carbocycles. The zero-order chi connectivity index (χ0) is 22.1. The van der Waals surface area contributed by atoms with Crippen LogP contribution in [0.3, 0.4) is 0 Å². The Morgan fingerprint density at radius 1 is 1.16 bits per heavy atom. The highest BCUT2D eigenvalue weighted by Gasteiger charge is 2.76. The predicted molar refractivity (Wildman–Crippen MR) is 103 cm³/mol. The lowest BCUT2D eigenvalue weighted by molar-refractivity contribution is -0.137. The molecule has 7 nitrogen and oxygen atoms in total. The summed E-state index contributed by atoms with van der Waals surface area (Å²) < 4.78 is 49.6. The molecule has 4 heterocycles. The summed E-state index contributed by atoms with van der Waals surface area (Å²) in [6.07, 6.45) is 2.24. The minimum absolute atomic E-state index is 0.0319. The second kappa shape index (κ2) is 6.54. The molecule has 0 N–H and O–H groups in total. The Balaban J connectivity index is 1.24. The Morgan fingerprint density at radius 3 is 2.75 bits per heavy atom. The number of carbonyl (C=O) groups excluding carboxylic acids is 1. The largest absolute Gasteiger partial charge is 0.472 e. The van der Waals surface area contributed by atoms with Gasteiger partial charge in [0.15, 0.2) is 0 Å².